The molecule has 1 unspecified atom stereocenters. The van der Waals surface area contributed by atoms with E-state index < -0.39 is 25.2 Å². The third-order valence-electron chi connectivity index (χ3n) is 4.53. The second kappa shape index (κ2) is 10.0. The first kappa shape index (κ1) is 22.9. The van der Waals surface area contributed by atoms with Gasteiger partial charge in [-0.05, 0) is 42.0 Å². The van der Waals surface area contributed by atoms with Gasteiger partial charge in [-0.25, -0.2) is 4.98 Å². The number of benzene rings is 2. The minimum atomic E-state index is -3.02. The van der Waals surface area contributed by atoms with Gasteiger partial charge in [0, 0.05) is 17.7 Å². The van der Waals surface area contributed by atoms with Crippen LogP contribution in [0.1, 0.15) is 10.4 Å². The zero-order valence-corrected chi connectivity index (χ0v) is 16.7. The number of halogens is 2. The van der Waals surface area contributed by atoms with Gasteiger partial charge in [0.15, 0.2) is 0 Å². The van der Waals surface area contributed by atoms with Gasteiger partial charge >= 0.3 is 6.61 Å². The predicted octanol–water partition coefficient (Wildman–Crippen LogP) is 2.59. The number of aliphatic hydroxyl groups excluding tert-OH is 2. The highest BCUT2D eigenvalue weighted by Gasteiger charge is 2.16. The van der Waals surface area contributed by atoms with Crippen molar-refractivity contribution < 1.29 is 33.6 Å². The van der Waals surface area contributed by atoms with E-state index in [2.05, 4.69) is 15.0 Å². The van der Waals surface area contributed by atoms with Crippen molar-refractivity contribution in [1.82, 2.24) is 4.98 Å². The zero-order valence-electron chi connectivity index (χ0n) is 16.7. The first-order chi connectivity index (χ1) is 15.3. The van der Waals surface area contributed by atoms with Crippen LogP contribution in [0.5, 0.6) is 11.5 Å². The lowest BCUT2D eigenvalue weighted by molar-refractivity contribution is -0.0494. The van der Waals surface area contributed by atoms with Gasteiger partial charge < -0.3 is 31.1 Å². The van der Waals surface area contributed by atoms with Crippen molar-refractivity contribution in [2.24, 2.45) is 5.73 Å². The van der Waals surface area contributed by atoms with E-state index >= 15 is 0 Å². The molecule has 0 saturated heterocycles. The van der Waals surface area contributed by atoms with Crippen LogP contribution >= 0.6 is 0 Å². The summed E-state index contributed by atoms with van der Waals surface area (Å²) in [5, 5.41) is 31.4. The first-order valence-corrected chi connectivity index (χ1v) is 9.50. The Kier molecular flexibility index (Phi) is 7.18. The molecule has 0 spiro atoms. The number of rotatable bonds is 9. The van der Waals surface area contributed by atoms with Crippen LogP contribution in [0.15, 0.2) is 54.6 Å². The highest BCUT2D eigenvalue weighted by Crippen LogP contribution is 2.35. The highest BCUT2D eigenvalue weighted by molar-refractivity contribution is 5.97. The third kappa shape index (κ3) is 5.48. The van der Waals surface area contributed by atoms with Crippen molar-refractivity contribution in [2.75, 3.05) is 18.5 Å². The highest BCUT2D eigenvalue weighted by atomic mass is 19.3. The Morgan fingerprint density at radius 1 is 1.12 bits per heavy atom. The molecule has 32 heavy (non-hydrogen) atoms. The molecular weight excluding hydrogens is 424 g/mol. The van der Waals surface area contributed by atoms with Crippen LogP contribution in [0.2, 0.25) is 0 Å². The zero-order chi connectivity index (χ0) is 23.3. The summed E-state index contributed by atoms with van der Waals surface area (Å²) in [4.78, 5) is 16.0. The number of para-hydroxylation sites is 1. The van der Waals surface area contributed by atoms with Gasteiger partial charge in [0.2, 0.25) is 0 Å². The lowest BCUT2D eigenvalue weighted by Gasteiger charge is -2.15. The van der Waals surface area contributed by atoms with Gasteiger partial charge in [-0.2, -0.15) is 8.78 Å². The molecule has 0 fully saturated rings. The molecule has 0 saturated carbocycles. The van der Waals surface area contributed by atoms with E-state index in [0.717, 1.165) is 0 Å². The fraction of sp³-hybridized carbons (Fsp3) is 0.182. The molecule has 0 aliphatic rings. The Balaban J connectivity index is 2.13. The van der Waals surface area contributed by atoms with Crippen LogP contribution in [0.3, 0.4) is 0 Å². The molecule has 1 aromatic heterocycles. The summed E-state index contributed by atoms with van der Waals surface area (Å²) in [7, 11) is 0. The molecule has 1 heterocycles. The van der Waals surface area contributed by atoms with Gasteiger partial charge in [-0.3, -0.25) is 4.79 Å². The summed E-state index contributed by atoms with van der Waals surface area (Å²) >= 11 is 0. The number of aliphatic hydroxyl groups is 2. The van der Waals surface area contributed by atoms with E-state index in [9.17, 15) is 23.8 Å². The molecule has 168 valence electrons. The molecule has 0 aliphatic carbocycles. The van der Waals surface area contributed by atoms with Gasteiger partial charge in [-0.15, -0.1) is 0 Å². The van der Waals surface area contributed by atoms with Crippen molar-refractivity contribution in [3.05, 3.63) is 60.2 Å². The van der Waals surface area contributed by atoms with Crippen LogP contribution < -0.4 is 15.8 Å². The molecule has 6 N–H and O–H groups in total. The Labute approximate surface area is 181 Å². The van der Waals surface area contributed by atoms with Gasteiger partial charge in [0.1, 0.15) is 17.3 Å². The number of aromatic hydroxyl groups is 1. The number of nitrogens with one attached hydrogen (secondary N) is 1. The number of nitrogens with two attached hydrogens (primary N) is 1. The minimum absolute atomic E-state index is 0.0241. The average molecular weight is 445 g/mol. The maximum atomic E-state index is 12.9. The number of pyridine rings is 1. The van der Waals surface area contributed by atoms with Crippen LogP contribution in [-0.2, 0) is 0 Å². The maximum absolute atomic E-state index is 12.9. The molecule has 2 aromatic carbocycles. The molecule has 0 aliphatic heterocycles. The number of aromatic nitrogens is 1. The molecule has 3 rings (SSSR count). The molecule has 3 aromatic rings. The lowest BCUT2D eigenvalue weighted by atomic mass is 10.0. The summed E-state index contributed by atoms with van der Waals surface area (Å²) in [6.07, 6.45) is -1.05. The smallest absolute Gasteiger partial charge is 0.387 e. The predicted molar refractivity (Wildman–Crippen MR) is 114 cm³/mol. The van der Waals surface area contributed by atoms with Crippen LogP contribution in [0.4, 0.5) is 14.6 Å². The average Bonchev–Trinajstić information content (AvgIpc) is 2.77. The standard InChI is InChI=1S/C22H21F2N3O5/c23-22(24)32-19-4-2-1-3-15(19)13-8-17(27-20(9-13)26-10-14(29)11-28)12-5-6-18(30)16(7-12)21(25)31/h1-9,14,22,28-30H,10-11H2,(H2,25,31)(H,26,27). The van der Waals surface area contributed by atoms with E-state index in [1.807, 2.05) is 0 Å². The number of alkyl halides is 2. The van der Waals surface area contributed by atoms with Crippen molar-refractivity contribution in [2.45, 2.75) is 12.7 Å². The number of nitrogens with zero attached hydrogens (tertiary/aromatic N) is 1. The normalized spacial score (nSPS) is 11.9. The quantitative estimate of drug-likeness (QED) is 0.341. The molecule has 8 nitrogen and oxygen atoms in total. The number of hydrogen-bond donors (Lipinski definition) is 5. The first-order valence-electron chi connectivity index (χ1n) is 9.50. The number of carbonyl (C=O) groups excluding carboxylic acids is 1. The van der Waals surface area contributed by atoms with Crippen molar-refractivity contribution in [1.29, 1.82) is 0 Å². The maximum Gasteiger partial charge on any atom is 0.387 e. The van der Waals surface area contributed by atoms with Crippen LogP contribution in [0.25, 0.3) is 22.4 Å². The second-order valence-corrected chi connectivity index (χ2v) is 6.81. The van der Waals surface area contributed by atoms with E-state index in [1.54, 1.807) is 30.3 Å². The van der Waals surface area contributed by atoms with E-state index in [0.29, 0.717) is 22.4 Å². The third-order valence-corrected chi connectivity index (χ3v) is 4.53. The SMILES string of the molecule is NC(=O)c1cc(-c2cc(-c3ccccc3OC(F)F)cc(NCC(O)CO)n2)ccc1O. The number of amides is 1. The molecular formula is C22H21F2N3O5. The number of carbonyl (C=O) groups is 1. The minimum Gasteiger partial charge on any atom is -0.507 e. The van der Waals surface area contributed by atoms with Crippen molar-refractivity contribution in [3.8, 4) is 33.9 Å². The fourth-order valence-corrected chi connectivity index (χ4v) is 3.01. The molecule has 0 radical (unpaired) electrons. The molecule has 1 atom stereocenters. The Morgan fingerprint density at radius 3 is 2.56 bits per heavy atom. The van der Waals surface area contributed by atoms with E-state index in [-0.39, 0.29) is 29.4 Å². The second-order valence-electron chi connectivity index (χ2n) is 6.81. The number of phenols is 1. The van der Waals surface area contributed by atoms with Crippen molar-refractivity contribution in [3.63, 3.8) is 0 Å². The van der Waals surface area contributed by atoms with E-state index in [4.69, 9.17) is 10.8 Å². The van der Waals surface area contributed by atoms with Crippen LogP contribution in [0, 0.1) is 0 Å². The Morgan fingerprint density at radius 2 is 1.88 bits per heavy atom. The topological polar surface area (TPSA) is 138 Å². The molecule has 10 heteroatoms. The van der Waals surface area contributed by atoms with Crippen LogP contribution in [-0.4, -0.2) is 52.1 Å². The summed E-state index contributed by atoms with van der Waals surface area (Å²) in [6, 6.07) is 13.5. The summed E-state index contributed by atoms with van der Waals surface area (Å²) in [6.45, 7) is -3.52. The Hall–Kier alpha value is -3.76. The molecule has 1 amide bonds. The lowest BCUT2D eigenvalue weighted by Crippen LogP contribution is -2.23. The number of ether oxygens (including phenoxy) is 1. The van der Waals surface area contributed by atoms with Crippen molar-refractivity contribution >= 4 is 11.7 Å². The van der Waals surface area contributed by atoms with Gasteiger partial charge in [0.05, 0.1) is 24.0 Å². The largest absolute Gasteiger partial charge is 0.507 e. The molecule has 0 bridgehead atoms. The van der Waals surface area contributed by atoms with Gasteiger partial charge in [0.25, 0.3) is 5.91 Å². The summed E-state index contributed by atoms with van der Waals surface area (Å²) in [5.41, 5.74) is 6.77. The number of primary amides is 1. The summed E-state index contributed by atoms with van der Waals surface area (Å²) in [5.74, 6) is -0.909. The Bertz CT molecular complexity index is 1110. The number of anilines is 1. The fourth-order valence-electron chi connectivity index (χ4n) is 3.01. The van der Waals surface area contributed by atoms with E-state index in [1.165, 1.54) is 24.3 Å². The van der Waals surface area contributed by atoms with Gasteiger partial charge in [-0.1, -0.05) is 18.2 Å². The monoisotopic (exact) mass is 445 g/mol. The number of hydrogen-bond acceptors (Lipinski definition) is 7. The summed E-state index contributed by atoms with van der Waals surface area (Å²) < 4.78 is 30.4.